The molecule has 0 saturated heterocycles. The van der Waals surface area contributed by atoms with Crippen molar-refractivity contribution in [2.75, 3.05) is 32.1 Å². The first-order valence-corrected chi connectivity index (χ1v) is 8.53. The Morgan fingerprint density at radius 1 is 1.08 bits per heavy atom. The summed E-state index contributed by atoms with van der Waals surface area (Å²) in [5.41, 5.74) is 1.85. The number of nitrogens with one attached hydrogen (secondary N) is 1. The minimum Gasteiger partial charge on any atom is -0.497 e. The van der Waals surface area contributed by atoms with Gasteiger partial charge in [0.2, 0.25) is 5.91 Å². The first-order valence-electron chi connectivity index (χ1n) is 8.53. The molecule has 2 rings (SSSR count). The highest BCUT2D eigenvalue weighted by Gasteiger charge is 2.12. The fraction of sp³-hybridized carbons (Fsp3) is 0.350. The molecule has 0 aromatic heterocycles. The number of nitrogens with zero attached hydrogens (tertiary/aromatic N) is 1. The average molecular weight is 342 g/mol. The number of hydrogen-bond donors (Lipinski definition) is 1. The van der Waals surface area contributed by atoms with Crippen molar-refractivity contribution in [3.05, 3.63) is 54.1 Å². The van der Waals surface area contributed by atoms with Crippen molar-refractivity contribution in [3.8, 4) is 11.5 Å². The molecular weight excluding hydrogens is 316 g/mol. The normalized spacial score (nSPS) is 10.6. The standard InChI is InChI=1S/C20H26N2O3/c1-4-22(14-16-8-6-7-9-19(16)25-5-2)15-20(23)21-17-10-12-18(24-3)13-11-17/h6-13H,4-5,14-15H2,1-3H3,(H,21,23). The van der Waals surface area contributed by atoms with Gasteiger partial charge >= 0.3 is 0 Å². The highest BCUT2D eigenvalue weighted by Crippen LogP contribution is 2.20. The predicted octanol–water partition coefficient (Wildman–Crippen LogP) is 3.55. The van der Waals surface area contributed by atoms with E-state index in [4.69, 9.17) is 9.47 Å². The van der Waals surface area contributed by atoms with Crippen molar-refractivity contribution in [2.45, 2.75) is 20.4 Å². The maximum Gasteiger partial charge on any atom is 0.238 e. The molecule has 134 valence electrons. The Morgan fingerprint density at radius 3 is 2.44 bits per heavy atom. The molecule has 0 spiro atoms. The number of amides is 1. The van der Waals surface area contributed by atoms with Crippen molar-refractivity contribution in [2.24, 2.45) is 0 Å². The van der Waals surface area contributed by atoms with Gasteiger partial charge in [-0.2, -0.15) is 0 Å². The van der Waals surface area contributed by atoms with Gasteiger partial charge in [-0.05, 0) is 43.8 Å². The monoisotopic (exact) mass is 342 g/mol. The number of carbonyl (C=O) groups excluding carboxylic acids is 1. The molecule has 0 heterocycles. The smallest absolute Gasteiger partial charge is 0.238 e. The van der Waals surface area contributed by atoms with Gasteiger partial charge in [0.25, 0.3) is 0 Å². The topological polar surface area (TPSA) is 50.8 Å². The van der Waals surface area contributed by atoms with Crippen LogP contribution in [0.3, 0.4) is 0 Å². The molecule has 5 nitrogen and oxygen atoms in total. The second-order valence-electron chi connectivity index (χ2n) is 5.62. The lowest BCUT2D eigenvalue weighted by Crippen LogP contribution is -2.32. The number of ether oxygens (including phenoxy) is 2. The van der Waals surface area contributed by atoms with Crippen molar-refractivity contribution in [1.29, 1.82) is 0 Å². The van der Waals surface area contributed by atoms with Crippen LogP contribution in [0.1, 0.15) is 19.4 Å². The summed E-state index contributed by atoms with van der Waals surface area (Å²) in [5.74, 6) is 1.60. The van der Waals surface area contributed by atoms with Gasteiger partial charge in [0.05, 0.1) is 20.3 Å². The zero-order valence-corrected chi connectivity index (χ0v) is 15.1. The SMILES string of the molecule is CCOc1ccccc1CN(CC)CC(=O)Nc1ccc(OC)cc1. The number of methoxy groups -OCH3 is 1. The number of anilines is 1. The van der Waals surface area contributed by atoms with E-state index in [9.17, 15) is 4.79 Å². The minimum absolute atomic E-state index is 0.0408. The van der Waals surface area contributed by atoms with Gasteiger partial charge in [-0.25, -0.2) is 0 Å². The summed E-state index contributed by atoms with van der Waals surface area (Å²) in [6, 6.07) is 15.3. The molecule has 0 aliphatic carbocycles. The van der Waals surface area contributed by atoms with E-state index in [-0.39, 0.29) is 5.91 Å². The van der Waals surface area contributed by atoms with E-state index in [1.54, 1.807) is 7.11 Å². The van der Waals surface area contributed by atoms with Crippen LogP contribution in [0.4, 0.5) is 5.69 Å². The van der Waals surface area contributed by atoms with Gasteiger partial charge in [-0.15, -0.1) is 0 Å². The number of hydrogen-bond acceptors (Lipinski definition) is 4. The third kappa shape index (κ3) is 5.80. The molecule has 5 heteroatoms. The lowest BCUT2D eigenvalue weighted by Gasteiger charge is -2.21. The van der Waals surface area contributed by atoms with Crippen molar-refractivity contribution in [3.63, 3.8) is 0 Å². The molecule has 2 aromatic rings. The summed E-state index contributed by atoms with van der Waals surface area (Å²) in [6.07, 6.45) is 0. The lowest BCUT2D eigenvalue weighted by atomic mass is 10.2. The number of benzene rings is 2. The first-order chi connectivity index (χ1) is 12.2. The molecule has 1 amide bonds. The summed E-state index contributed by atoms with van der Waals surface area (Å²) in [4.78, 5) is 14.4. The van der Waals surface area contributed by atoms with E-state index in [0.29, 0.717) is 19.7 Å². The van der Waals surface area contributed by atoms with Crippen molar-refractivity contribution >= 4 is 11.6 Å². The zero-order chi connectivity index (χ0) is 18.1. The fourth-order valence-corrected chi connectivity index (χ4v) is 2.53. The highest BCUT2D eigenvalue weighted by atomic mass is 16.5. The van der Waals surface area contributed by atoms with E-state index in [1.165, 1.54) is 0 Å². The molecular formula is C20H26N2O3. The third-order valence-electron chi connectivity index (χ3n) is 3.85. The quantitative estimate of drug-likeness (QED) is 0.757. The van der Waals surface area contributed by atoms with Crippen LogP contribution in [0, 0.1) is 0 Å². The Morgan fingerprint density at radius 2 is 1.80 bits per heavy atom. The maximum absolute atomic E-state index is 12.3. The summed E-state index contributed by atoms with van der Waals surface area (Å²) in [5, 5.41) is 2.92. The zero-order valence-electron chi connectivity index (χ0n) is 15.1. The largest absolute Gasteiger partial charge is 0.497 e. The lowest BCUT2D eigenvalue weighted by molar-refractivity contribution is -0.117. The third-order valence-corrected chi connectivity index (χ3v) is 3.85. The molecule has 1 N–H and O–H groups in total. The van der Waals surface area contributed by atoms with Crippen LogP contribution < -0.4 is 14.8 Å². The first kappa shape index (κ1) is 18.8. The van der Waals surface area contributed by atoms with Gasteiger partial charge in [0.15, 0.2) is 0 Å². The Balaban J connectivity index is 1.95. The van der Waals surface area contributed by atoms with Gasteiger partial charge in [-0.3, -0.25) is 9.69 Å². The molecule has 0 aliphatic rings. The van der Waals surface area contributed by atoms with Crippen LogP contribution in [0.2, 0.25) is 0 Å². The van der Waals surface area contributed by atoms with Crippen molar-refractivity contribution < 1.29 is 14.3 Å². The highest BCUT2D eigenvalue weighted by molar-refractivity contribution is 5.92. The molecule has 0 radical (unpaired) electrons. The van der Waals surface area contributed by atoms with Crippen LogP contribution in [0.15, 0.2) is 48.5 Å². The Bertz CT molecular complexity index is 671. The summed E-state index contributed by atoms with van der Waals surface area (Å²) >= 11 is 0. The molecule has 0 unspecified atom stereocenters. The minimum atomic E-state index is -0.0408. The van der Waals surface area contributed by atoms with E-state index in [1.807, 2.05) is 62.4 Å². The summed E-state index contributed by atoms with van der Waals surface area (Å²) < 4.78 is 10.8. The van der Waals surface area contributed by atoms with E-state index >= 15 is 0 Å². The Kier molecular flexibility index (Phi) is 7.29. The molecule has 25 heavy (non-hydrogen) atoms. The maximum atomic E-state index is 12.3. The second kappa shape index (κ2) is 9.69. The van der Waals surface area contributed by atoms with Crippen molar-refractivity contribution in [1.82, 2.24) is 4.90 Å². The van der Waals surface area contributed by atoms with E-state index < -0.39 is 0 Å². The summed E-state index contributed by atoms with van der Waals surface area (Å²) in [6.45, 7) is 6.41. The van der Waals surface area contributed by atoms with Gasteiger partial charge in [0.1, 0.15) is 11.5 Å². The van der Waals surface area contributed by atoms with Crippen LogP contribution in [0.25, 0.3) is 0 Å². The number of carbonyl (C=O) groups is 1. The van der Waals surface area contributed by atoms with Crippen LogP contribution in [-0.2, 0) is 11.3 Å². The fourth-order valence-electron chi connectivity index (χ4n) is 2.53. The van der Waals surface area contributed by atoms with Gasteiger partial charge < -0.3 is 14.8 Å². The average Bonchev–Trinajstić information content (AvgIpc) is 2.63. The van der Waals surface area contributed by atoms with Crippen LogP contribution >= 0.6 is 0 Å². The molecule has 0 atom stereocenters. The molecule has 0 saturated carbocycles. The Labute approximate surface area is 149 Å². The molecule has 0 bridgehead atoms. The number of rotatable bonds is 9. The number of likely N-dealkylation sites (N-methyl/N-ethyl adjacent to an activating group) is 1. The summed E-state index contributed by atoms with van der Waals surface area (Å²) in [7, 11) is 1.62. The van der Waals surface area contributed by atoms with E-state index in [0.717, 1.165) is 29.3 Å². The van der Waals surface area contributed by atoms with Crippen LogP contribution in [0.5, 0.6) is 11.5 Å². The van der Waals surface area contributed by atoms with Gasteiger partial charge in [0, 0.05) is 17.8 Å². The molecule has 2 aromatic carbocycles. The van der Waals surface area contributed by atoms with Gasteiger partial charge in [-0.1, -0.05) is 25.1 Å². The molecule has 0 fully saturated rings. The second-order valence-corrected chi connectivity index (χ2v) is 5.62. The van der Waals surface area contributed by atoms with Crippen LogP contribution in [-0.4, -0.2) is 37.6 Å². The number of para-hydroxylation sites is 1. The van der Waals surface area contributed by atoms with E-state index in [2.05, 4.69) is 10.2 Å². The Hall–Kier alpha value is -2.53. The predicted molar refractivity (Wildman–Crippen MR) is 100 cm³/mol. The molecule has 0 aliphatic heterocycles.